The van der Waals surface area contributed by atoms with Crippen molar-refractivity contribution >= 4 is 0 Å². The molecule has 2 heterocycles. The van der Waals surface area contributed by atoms with Crippen molar-refractivity contribution in [3.63, 3.8) is 0 Å². The summed E-state index contributed by atoms with van der Waals surface area (Å²) in [6, 6.07) is 0.814. The third kappa shape index (κ3) is 1.18. The van der Waals surface area contributed by atoms with Crippen molar-refractivity contribution in [1.29, 1.82) is 0 Å². The number of fused-ring (bicyclic) bond motifs is 1. The van der Waals surface area contributed by atoms with Gasteiger partial charge < -0.3 is 5.32 Å². The van der Waals surface area contributed by atoms with E-state index in [9.17, 15) is 0 Å². The van der Waals surface area contributed by atoms with Gasteiger partial charge in [0.05, 0.1) is 0 Å². The van der Waals surface area contributed by atoms with E-state index in [4.69, 9.17) is 0 Å². The van der Waals surface area contributed by atoms with Crippen molar-refractivity contribution in [2.45, 2.75) is 32.4 Å². The molecule has 11 heavy (non-hydrogen) atoms. The average molecular weight is 154 g/mol. The molecule has 0 amide bonds. The first-order valence-electron chi connectivity index (χ1n) is 4.56. The second kappa shape index (κ2) is 2.20. The van der Waals surface area contributed by atoms with Crippen molar-refractivity contribution in [2.75, 3.05) is 19.6 Å². The van der Waals surface area contributed by atoms with E-state index in [1.54, 1.807) is 0 Å². The molecule has 0 aromatic rings. The minimum Gasteiger partial charge on any atom is -0.312 e. The zero-order valence-electron chi connectivity index (χ0n) is 7.72. The Hall–Kier alpha value is -0.0800. The fourth-order valence-electron chi connectivity index (χ4n) is 2.00. The number of nitrogens with one attached hydrogen (secondary N) is 1. The molecule has 1 N–H and O–H groups in total. The van der Waals surface area contributed by atoms with Crippen LogP contribution in [0.25, 0.3) is 0 Å². The third-order valence-electron chi connectivity index (χ3n) is 3.03. The largest absolute Gasteiger partial charge is 0.312 e. The van der Waals surface area contributed by atoms with Gasteiger partial charge in [0.1, 0.15) is 0 Å². The first kappa shape index (κ1) is 7.56. The van der Waals surface area contributed by atoms with Crippen LogP contribution in [-0.2, 0) is 0 Å². The quantitative estimate of drug-likeness (QED) is 0.552. The zero-order valence-corrected chi connectivity index (χ0v) is 7.72. The Morgan fingerprint density at radius 3 is 2.27 bits per heavy atom. The molecule has 2 heteroatoms. The van der Waals surface area contributed by atoms with Gasteiger partial charge in [0, 0.05) is 37.1 Å². The van der Waals surface area contributed by atoms with Gasteiger partial charge >= 0.3 is 0 Å². The first-order valence-corrected chi connectivity index (χ1v) is 4.56. The molecule has 0 unspecified atom stereocenters. The van der Waals surface area contributed by atoms with Gasteiger partial charge in [-0.2, -0.15) is 0 Å². The van der Waals surface area contributed by atoms with Crippen LogP contribution >= 0.6 is 0 Å². The zero-order chi connectivity index (χ0) is 8.06. The molecule has 2 fully saturated rings. The summed E-state index contributed by atoms with van der Waals surface area (Å²) in [7, 11) is 0. The van der Waals surface area contributed by atoms with Gasteiger partial charge in [0.2, 0.25) is 0 Å². The Labute approximate surface area is 69.0 Å². The standard InChI is InChI=1S/C9H18N2/c1-9(2,3)11-5-7-4-10-8(7)6-11/h7-8,10H,4-6H2,1-3H3/t7-,8+/m0/s1. The van der Waals surface area contributed by atoms with Crippen molar-refractivity contribution in [2.24, 2.45) is 5.92 Å². The molecule has 2 rings (SSSR count). The fraction of sp³-hybridized carbons (Fsp3) is 1.00. The predicted octanol–water partition coefficient (Wildman–Crippen LogP) is 0.688. The minimum absolute atomic E-state index is 0.374. The molecule has 2 nitrogen and oxygen atoms in total. The molecule has 64 valence electrons. The Balaban J connectivity index is 1.98. The van der Waals surface area contributed by atoms with Gasteiger partial charge in [-0.05, 0) is 20.8 Å². The van der Waals surface area contributed by atoms with Crippen LogP contribution in [0.1, 0.15) is 20.8 Å². The second-order valence-corrected chi connectivity index (χ2v) is 4.85. The Morgan fingerprint density at radius 1 is 1.27 bits per heavy atom. The van der Waals surface area contributed by atoms with Crippen LogP contribution in [0.3, 0.4) is 0 Å². The summed E-state index contributed by atoms with van der Waals surface area (Å²) < 4.78 is 0. The summed E-state index contributed by atoms with van der Waals surface area (Å²) in [6.45, 7) is 10.7. The molecule has 2 atom stereocenters. The fourth-order valence-corrected chi connectivity index (χ4v) is 2.00. The molecule has 0 aliphatic carbocycles. The summed E-state index contributed by atoms with van der Waals surface area (Å²) in [4.78, 5) is 2.59. The lowest BCUT2D eigenvalue weighted by Gasteiger charge is -2.31. The van der Waals surface area contributed by atoms with Crippen LogP contribution in [0.15, 0.2) is 0 Å². The Kier molecular flexibility index (Phi) is 1.52. The van der Waals surface area contributed by atoms with Crippen LogP contribution in [0.4, 0.5) is 0 Å². The lowest BCUT2D eigenvalue weighted by Crippen LogP contribution is -2.51. The van der Waals surface area contributed by atoms with E-state index in [-0.39, 0.29) is 0 Å². The van der Waals surface area contributed by atoms with E-state index < -0.39 is 0 Å². The van der Waals surface area contributed by atoms with Crippen LogP contribution < -0.4 is 5.32 Å². The van der Waals surface area contributed by atoms with E-state index in [0.717, 1.165) is 12.0 Å². The number of likely N-dealkylation sites (tertiary alicyclic amines) is 1. The van der Waals surface area contributed by atoms with Crippen molar-refractivity contribution < 1.29 is 0 Å². The summed E-state index contributed by atoms with van der Waals surface area (Å²) in [5, 5.41) is 3.47. The molecular weight excluding hydrogens is 136 g/mol. The van der Waals surface area contributed by atoms with Gasteiger partial charge in [0.25, 0.3) is 0 Å². The SMILES string of the molecule is CC(C)(C)N1C[C@@H]2CN[C@@H]2C1. The number of hydrogen-bond donors (Lipinski definition) is 1. The molecule has 2 saturated heterocycles. The topological polar surface area (TPSA) is 15.3 Å². The summed E-state index contributed by atoms with van der Waals surface area (Å²) in [6.07, 6.45) is 0. The molecule has 0 bridgehead atoms. The molecule has 0 aromatic carbocycles. The minimum atomic E-state index is 0.374. The maximum atomic E-state index is 3.47. The molecule has 0 radical (unpaired) electrons. The molecular formula is C9H18N2. The number of rotatable bonds is 0. The van der Waals surface area contributed by atoms with Crippen molar-refractivity contribution in [3.05, 3.63) is 0 Å². The molecule has 0 spiro atoms. The van der Waals surface area contributed by atoms with E-state index in [0.29, 0.717) is 5.54 Å². The lowest BCUT2D eigenvalue weighted by molar-refractivity contribution is 0.171. The van der Waals surface area contributed by atoms with Crippen LogP contribution in [0.2, 0.25) is 0 Å². The average Bonchev–Trinajstić information content (AvgIpc) is 2.06. The van der Waals surface area contributed by atoms with Gasteiger partial charge in [-0.15, -0.1) is 0 Å². The molecule has 0 aromatic heterocycles. The van der Waals surface area contributed by atoms with E-state index in [1.807, 2.05) is 0 Å². The normalized spacial score (nSPS) is 38.5. The highest BCUT2D eigenvalue weighted by atomic mass is 15.3. The van der Waals surface area contributed by atoms with Gasteiger partial charge in [-0.3, -0.25) is 4.90 Å². The Bertz CT molecular complexity index is 147. The van der Waals surface area contributed by atoms with Crippen LogP contribution in [0.5, 0.6) is 0 Å². The highest BCUT2D eigenvalue weighted by Gasteiger charge is 2.42. The molecule has 2 aliphatic heterocycles. The molecule has 0 saturated carbocycles. The van der Waals surface area contributed by atoms with Crippen LogP contribution in [-0.4, -0.2) is 36.1 Å². The summed E-state index contributed by atoms with van der Waals surface area (Å²) >= 11 is 0. The monoisotopic (exact) mass is 154 g/mol. The van der Waals surface area contributed by atoms with Crippen molar-refractivity contribution in [3.8, 4) is 0 Å². The van der Waals surface area contributed by atoms with Gasteiger partial charge in [-0.1, -0.05) is 0 Å². The predicted molar refractivity (Wildman–Crippen MR) is 46.6 cm³/mol. The van der Waals surface area contributed by atoms with Crippen molar-refractivity contribution in [1.82, 2.24) is 10.2 Å². The second-order valence-electron chi connectivity index (χ2n) is 4.85. The smallest absolute Gasteiger partial charge is 0.0247 e. The molecule has 2 aliphatic rings. The highest BCUT2D eigenvalue weighted by Crippen LogP contribution is 2.28. The summed E-state index contributed by atoms with van der Waals surface area (Å²) in [5.41, 5.74) is 0.374. The van der Waals surface area contributed by atoms with E-state index >= 15 is 0 Å². The third-order valence-corrected chi connectivity index (χ3v) is 3.03. The Morgan fingerprint density at radius 2 is 2.00 bits per heavy atom. The van der Waals surface area contributed by atoms with Gasteiger partial charge in [0.15, 0.2) is 0 Å². The van der Waals surface area contributed by atoms with Crippen LogP contribution in [0, 0.1) is 5.92 Å². The first-order chi connectivity index (χ1) is 5.07. The highest BCUT2D eigenvalue weighted by molar-refractivity contribution is 5.00. The number of hydrogen-bond acceptors (Lipinski definition) is 2. The maximum Gasteiger partial charge on any atom is 0.0247 e. The van der Waals surface area contributed by atoms with E-state index in [2.05, 4.69) is 31.0 Å². The van der Waals surface area contributed by atoms with E-state index in [1.165, 1.54) is 19.6 Å². The van der Waals surface area contributed by atoms with Gasteiger partial charge in [-0.25, -0.2) is 0 Å². The maximum absolute atomic E-state index is 3.47. The lowest BCUT2D eigenvalue weighted by atomic mass is 9.96. The summed E-state index contributed by atoms with van der Waals surface area (Å²) in [5.74, 6) is 0.953. The number of nitrogens with zero attached hydrogens (tertiary/aromatic N) is 1.